The number of rotatable bonds is 6. The minimum atomic E-state index is -0.859. The Morgan fingerprint density at radius 2 is 2.00 bits per heavy atom. The van der Waals surface area contributed by atoms with Crippen LogP contribution in [0.1, 0.15) is 17.3 Å². The molecular weight excluding hydrogens is 326 g/mol. The second-order valence-corrected chi connectivity index (χ2v) is 5.97. The van der Waals surface area contributed by atoms with Crippen LogP contribution in [0.25, 0.3) is 10.8 Å². The van der Waals surface area contributed by atoms with Crippen LogP contribution < -0.4 is 11.1 Å². The summed E-state index contributed by atoms with van der Waals surface area (Å²) in [6, 6.07) is 11.6. The summed E-state index contributed by atoms with van der Waals surface area (Å²) in [5.74, 6) is -0.269. The number of primary amides is 1. The van der Waals surface area contributed by atoms with E-state index in [1.54, 1.807) is 48.0 Å². The molecule has 6 nitrogen and oxygen atoms in total. The number of nitrogens with zero attached hydrogens (tertiary/aromatic N) is 1. The van der Waals surface area contributed by atoms with Gasteiger partial charge in [0.2, 0.25) is 11.8 Å². The number of hydrogen-bond acceptors (Lipinski definition) is 5. The molecule has 0 aliphatic rings. The highest BCUT2D eigenvalue weighted by atomic mass is 32.1. The van der Waals surface area contributed by atoms with Crippen LogP contribution >= 0.6 is 11.3 Å². The summed E-state index contributed by atoms with van der Waals surface area (Å²) in [4.78, 5) is 28.2. The second kappa shape index (κ2) is 7.10. The molecule has 0 bridgehead atoms. The van der Waals surface area contributed by atoms with Crippen LogP contribution in [-0.4, -0.2) is 16.8 Å². The van der Waals surface area contributed by atoms with E-state index >= 15 is 0 Å². The van der Waals surface area contributed by atoms with Crippen LogP contribution in [0.2, 0.25) is 0 Å². The number of nitrogens with two attached hydrogens (primary N) is 1. The first kappa shape index (κ1) is 15.9. The number of carbonyl (C=O) groups is 2. The van der Waals surface area contributed by atoms with Crippen molar-refractivity contribution >= 4 is 23.2 Å². The van der Waals surface area contributed by atoms with E-state index in [1.165, 1.54) is 11.3 Å². The zero-order valence-electron chi connectivity index (χ0n) is 12.6. The lowest BCUT2D eigenvalue weighted by Crippen LogP contribution is -2.38. The van der Waals surface area contributed by atoms with Crippen molar-refractivity contribution in [1.29, 1.82) is 0 Å². The zero-order chi connectivity index (χ0) is 16.9. The number of furan rings is 1. The molecule has 0 saturated heterocycles. The largest absolute Gasteiger partial charge is 0.462 e. The minimum absolute atomic E-state index is 0.0633. The molecule has 3 N–H and O–H groups in total. The second-order valence-electron chi connectivity index (χ2n) is 5.11. The maximum absolute atomic E-state index is 12.2. The summed E-state index contributed by atoms with van der Waals surface area (Å²) < 4.78 is 5.28. The molecule has 2 amide bonds. The Morgan fingerprint density at radius 1 is 1.21 bits per heavy atom. The molecule has 0 aliphatic heterocycles. The van der Waals surface area contributed by atoms with E-state index in [2.05, 4.69) is 10.3 Å². The van der Waals surface area contributed by atoms with Gasteiger partial charge in [0.15, 0.2) is 10.8 Å². The summed E-state index contributed by atoms with van der Waals surface area (Å²) in [7, 11) is 0. The monoisotopic (exact) mass is 341 g/mol. The molecule has 2 heterocycles. The Morgan fingerprint density at radius 3 is 2.67 bits per heavy atom. The van der Waals surface area contributed by atoms with Gasteiger partial charge >= 0.3 is 0 Å². The fourth-order valence-corrected chi connectivity index (χ4v) is 3.03. The first-order chi connectivity index (χ1) is 11.6. The number of hydrogen-bond donors (Lipinski definition) is 2. The van der Waals surface area contributed by atoms with Crippen LogP contribution in [0.15, 0.2) is 58.5 Å². The Balaban J connectivity index is 1.67. The standard InChI is InChI=1S/C17H15N3O3S/c18-16(22)15(11-5-2-1-3-6-11)20-14(21)9-12-10-24-17(19-12)13-7-4-8-23-13/h1-8,10,15H,9H2,(H2,18,22)(H,20,21)/t15-/m0/s1. The van der Waals surface area contributed by atoms with Crippen LogP contribution in [0, 0.1) is 0 Å². The van der Waals surface area contributed by atoms with Crippen molar-refractivity contribution in [2.24, 2.45) is 5.73 Å². The zero-order valence-corrected chi connectivity index (χ0v) is 13.5. The van der Waals surface area contributed by atoms with Crippen molar-refractivity contribution in [3.8, 4) is 10.8 Å². The predicted molar refractivity (Wildman–Crippen MR) is 90.0 cm³/mol. The lowest BCUT2D eigenvalue weighted by Gasteiger charge is -2.15. The third kappa shape index (κ3) is 3.69. The maximum Gasteiger partial charge on any atom is 0.244 e. The Kier molecular flexibility index (Phi) is 4.72. The van der Waals surface area contributed by atoms with Crippen LogP contribution in [0.4, 0.5) is 0 Å². The molecule has 0 saturated carbocycles. The molecule has 122 valence electrons. The average Bonchev–Trinajstić information content (AvgIpc) is 3.24. The van der Waals surface area contributed by atoms with Crippen LogP contribution in [0.3, 0.4) is 0 Å². The number of carbonyl (C=O) groups excluding carboxylic acids is 2. The van der Waals surface area contributed by atoms with Gasteiger partial charge in [-0.15, -0.1) is 11.3 Å². The highest BCUT2D eigenvalue weighted by Gasteiger charge is 2.20. The van der Waals surface area contributed by atoms with Gasteiger partial charge in [0.05, 0.1) is 18.4 Å². The van der Waals surface area contributed by atoms with Crippen LogP contribution in [0.5, 0.6) is 0 Å². The third-order valence-corrected chi connectivity index (χ3v) is 4.25. The van der Waals surface area contributed by atoms with Crippen LogP contribution in [-0.2, 0) is 16.0 Å². The highest BCUT2D eigenvalue weighted by Crippen LogP contribution is 2.24. The lowest BCUT2D eigenvalue weighted by molar-refractivity contribution is -0.127. The molecule has 0 unspecified atom stereocenters. The van der Waals surface area contributed by atoms with Gasteiger partial charge in [-0.3, -0.25) is 9.59 Å². The summed E-state index contributed by atoms with van der Waals surface area (Å²) in [5, 5.41) is 5.15. The van der Waals surface area contributed by atoms with Gasteiger partial charge in [0.25, 0.3) is 0 Å². The van der Waals surface area contributed by atoms with Gasteiger partial charge < -0.3 is 15.5 Å². The number of aromatic nitrogens is 1. The number of nitrogens with one attached hydrogen (secondary N) is 1. The molecule has 3 rings (SSSR count). The number of thiazole rings is 1. The fourth-order valence-electron chi connectivity index (χ4n) is 2.24. The van der Waals surface area contributed by atoms with E-state index in [9.17, 15) is 9.59 Å². The summed E-state index contributed by atoms with van der Waals surface area (Å²) in [5.41, 5.74) is 6.66. The minimum Gasteiger partial charge on any atom is -0.462 e. The third-order valence-electron chi connectivity index (χ3n) is 3.35. The van der Waals surface area contributed by atoms with Gasteiger partial charge in [-0.2, -0.15) is 0 Å². The Hall–Kier alpha value is -2.93. The predicted octanol–water partition coefficient (Wildman–Crippen LogP) is 2.29. The van der Waals surface area contributed by atoms with Gasteiger partial charge in [0.1, 0.15) is 6.04 Å². The van der Waals surface area contributed by atoms with E-state index < -0.39 is 11.9 Å². The van der Waals surface area contributed by atoms with Gasteiger partial charge in [-0.25, -0.2) is 4.98 Å². The van der Waals surface area contributed by atoms with Crippen molar-refractivity contribution in [3.05, 3.63) is 65.4 Å². The van der Waals surface area contributed by atoms with Gasteiger partial charge in [-0.1, -0.05) is 30.3 Å². The van der Waals surface area contributed by atoms with Crippen molar-refractivity contribution in [2.75, 3.05) is 0 Å². The van der Waals surface area contributed by atoms with Crippen molar-refractivity contribution < 1.29 is 14.0 Å². The molecule has 1 atom stereocenters. The Labute approximate surface area is 142 Å². The molecule has 3 aromatic rings. The number of amides is 2. The lowest BCUT2D eigenvalue weighted by atomic mass is 10.1. The van der Waals surface area contributed by atoms with E-state index in [1.807, 2.05) is 6.07 Å². The number of benzene rings is 1. The smallest absolute Gasteiger partial charge is 0.244 e. The SMILES string of the molecule is NC(=O)[C@@H](NC(=O)Cc1csc(-c2ccco2)n1)c1ccccc1. The Bertz CT molecular complexity index is 828. The molecule has 0 aliphatic carbocycles. The van der Waals surface area contributed by atoms with Crippen molar-refractivity contribution in [3.63, 3.8) is 0 Å². The first-order valence-corrected chi connectivity index (χ1v) is 8.13. The molecule has 0 fully saturated rings. The molecular formula is C17H15N3O3S. The molecule has 0 radical (unpaired) electrons. The van der Waals surface area contributed by atoms with E-state index in [0.29, 0.717) is 22.0 Å². The van der Waals surface area contributed by atoms with Crippen molar-refractivity contribution in [2.45, 2.75) is 12.5 Å². The summed E-state index contributed by atoms with van der Waals surface area (Å²) in [6.07, 6.45) is 1.63. The molecule has 1 aromatic carbocycles. The normalized spacial score (nSPS) is 11.8. The summed E-state index contributed by atoms with van der Waals surface area (Å²) in [6.45, 7) is 0. The quantitative estimate of drug-likeness (QED) is 0.718. The van der Waals surface area contributed by atoms with E-state index in [-0.39, 0.29) is 12.3 Å². The van der Waals surface area contributed by atoms with E-state index in [0.717, 1.165) is 0 Å². The maximum atomic E-state index is 12.2. The highest BCUT2D eigenvalue weighted by molar-refractivity contribution is 7.13. The molecule has 7 heteroatoms. The van der Waals surface area contributed by atoms with Gasteiger partial charge in [0, 0.05) is 5.38 Å². The molecule has 24 heavy (non-hydrogen) atoms. The van der Waals surface area contributed by atoms with Gasteiger partial charge in [-0.05, 0) is 17.7 Å². The molecule has 2 aromatic heterocycles. The first-order valence-electron chi connectivity index (χ1n) is 7.25. The molecule has 0 spiro atoms. The fraction of sp³-hybridized carbons (Fsp3) is 0.118. The van der Waals surface area contributed by atoms with E-state index in [4.69, 9.17) is 10.2 Å². The van der Waals surface area contributed by atoms with Crippen molar-refractivity contribution in [1.82, 2.24) is 10.3 Å². The summed E-state index contributed by atoms with van der Waals surface area (Å²) >= 11 is 1.39. The topological polar surface area (TPSA) is 98.2 Å². The average molecular weight is 341 g/mol.